The average Bonchev–Trinajstić information content (AvgIpc) is 2.90. The molecule has 1 saturated heterocycles. The Hall–Kier alpha value is -1.61. The Morgan fingerprint density at radius 2 is 1.68 bits per heavy atom. The van der Waals surface area contributed by atoms with Crippen molar-refractivity contribution in [3.8, 4) is 34.3 Å². The molecule has 0 spiro atoms. The number of aliphatic hydroxyl groups excluding tert-OH is 4. The molecule has 204 valence electrons. The van der Waals surface area contributed by atoms with Crippen molar-refractivity contribution in [2.45, 2.75) is 51.0 Å². The molecule has 13 heteroatoms. The Kier molecular flexibility index (Phi) is 12.6. The van der Waals surface area contributed by atoms with Crippen LogP contribution in [0, 0.1) is 0 Å². The molecule has 1 unspecified atom stereocenters. The minimum atomic E-state index is -1.70. The predicted octanol–water partition coefficient (Wildman–Crippen LogP) is -4.42. The summed E-state index contributed by atoms with van der Waals surface area (Å²) < 4.78 is 22.5. The van der Waals surface area contributed by atoms with Crippen LogP contribution in [0.4, 0.5) is 0 Å². The molecule has 1 fully saturated rings. The van der Waals surface area contributed by atoms with Gasteiger partial charge in [-0.15, -0.1) is 0 Å². The number of allylic oxidation sites excluding steroid dienone is 2. The summed E-state index contributed by atoms with van der Waals surface area (Å²) in [4.78, 5) is 13.2. The van der Waals surface area contributed by atoms with Gasteiger partial charge in [-0.25, -0.2) is 0 Å². The van der Waals surface area contributed by atoms with E-state index in [9.17, 15) is 35.4 Å². The number of benzene rings is 2. The van der Waals surface area contributed by atoms with Crippen molar-refractivity contribution in [3.63, 3.8) is 0 Å². The van der Waals surface area contributed by atoms with Crippen LogP contribution < -0.4 is 74.0 Å². The molecule has 5 atom stereocenters. The third-order valence-electron chi connectivity index (χ3n) is 6.34. The van der Waals surface area contributed by atoms with Crippen molar-refractivity contribution in [1.29, 1.82) is 0 Å². The summed E-state index contributed by atoms with van der Waals surface area (Å²) in [6.07, 6.45) is -5.77. The van der Waals surface area contributed by atoms with Gasteiger partial charge in [-0.05, 0) is 44.5 Å². The van der Waals surface area contributed by atoms with Gasteiger partial charge in [0, 0.05) is 17.2 Å². The van der Waals surface area contributed by atoms with Crippen molar-refractivity contribution in [3.05, 3.63) is 57.8 Å². The molecule has 2 aromatic carbocycles. The maximum Gasteiger partial charge on any atom is 1.00 e. The van der Waals surface area contributed by atoms with E-state index in [1.54, 1.807) is 24.3 Å². The molecule has 3 aromatic rings. The Balaban J connectivity index is 0.00000280. The van der Waals surface area contributed by atoms with E-state index in [0.29, 0.717) is 11.3 Å². The molecule has 1 aliphatic rings. The zero-order chi connectivity index (χ0) is 27.7. The molecule has 0 radical (unpaired) electrons. The van der Waals surface area contributed by atoms with E-state index < -0.39 is 54.2 Å². The summed E-state index contributed by atoms with van der Waals surface area (Å²) in [5.74, 6) is -0.910. The first-order valence-electron chi connectivity index (χ1n) is 11.9. The summed E-state index contributed by atoms with van der Waals surface area (Å²) in [6, 6.07) is 7.54. The molecule has 40 heavy (non-hydrogen) atoms. The number of ether oxygens (including phenoxy) is 3. The number of rotatable bonds is 7. The van der Waals surface area contributed by atoms with E-state index >= 15 is 0 Å². The Labute approximate surface area is 274 Å². The van der Waals surface area contributed by atoms with Gasteiger partial charge in [-0.1, -0.05) is 11.6 Å². The van der Waals surface area contributed by atoms with E-state index in [0.717, 1.165) is 11.6 Å². The number of hydrogen-bond acceptors (Lipinski definition) is 11. The van der Waals surface area contributed by atoms with Gasteiger partial charge in [0.05, 0.1) is 13.7 Å². The Morgan fingerprint density at radius 1 is 1.02 bits per heavy atom. The van der Waals surface area contributed by atoms with Gasteiger partial charge >= 0.3 is 59.1 Å². The first-order chi connectivity index (χ1) is 18.1. The quantitative estimate of drug-likeness (QED) is 0.118. The number of aliphatic hydroxyl groups is 4. The summed E-state index contributed by atoms with van der Waals surface area (Å²) in [5.41, 5.74) is 0.627. The van der Waals surface area contributed by atoms with Crippen molar-refractivity contribution < 1.29 is 108 Å². The topological polar surface area (TPSA) is 179 Å². The van der Waals surface area contributed by atoms with E-state index in [4.69, 9.17) is 18.6 Å². The average molecular weight is 577 g/mol. The van der Waals surface area contributed by atoms with Crippen LogP contribution in [0.2, 0.25) is 0 Å². The molecular weight excluding hydrogens is 546 g/mol. The van der Waals surface area contributed by atoms with Gasteiger partial charge in [0.1, 0.15) is 52.6 Å². The second-order valence-corrected chi connectivity index (χ2v) is 9.21. The van der Waals surface area contributed by atoms with E-state index in [1.807, 2.05) is 19.9 Å². The maximum absolute atomic E-state index is 13.2. The molecular formula is C27H30Na2O11+2. The van der Waals surface area contributed by atoms with Crippen molar-refractivity contribution in [2.75, 3.05) is 13.7 Å². The van der Waals surface area contributed by atoms with E-state index in [-0.39, 0.29) is 93.6 Å². The number of fused-ring (bicyclic) bond motifs is 1. The molecule has 0 bridgehead atoms. The molecule has 2 heterocycles. The molecule has 0 saturated carbocycles. The molecule has 6 N–H and O–H groups in total. The fraction of sp³-hybridized carbons (Fsp3) is 0.370. The molecule has 1 aliphatic heterocycles. The van der Waals surface area contributed by atoms with Gasteiger partial charge in [0.15, 0.2) is 5.76 Å². The number of phenolic OH excluding ortho intramolecular Hbond substituents is 1. The molecule has 0 amide bonds. The van der Waals surface area contributed by atoms with Crippen molar-refractivity contribution in [1.82, 2.24) is 0 Å². The number of hydrogen-bond donors (Lipinski definition) is 6. The van der Waals surface area contributed by atoms with Gasteiger partial charge in [0.25, 0.3) is 0 Å². The molecule has 0 aliphatic carbocycles. The van der Waals surface area contributed by atoms with Crippen LogP contribution in [-0.4, -0.2) is 75.1 Å². The van der Waals surface area contributed by atoms with Gasteiger partial charge in [-0.3, -0.25) is 4.79 Å². The normalized spacial score (nSPS) is 22.1. The summed E-state index contributed by atoms with van der Waals surface area (Å²) in [5, 5.41) is 61.3. The van der Waals surface area contributed by atoms with Gasteiger partial charge < -0.3 is 49.3 Å². The predicted molar refractivity (Wildman–Crippen MR) is 135 cm³/mol. The van der Waals surface area contributed by atoms with Crippen LogP contribution in [0.15, 0.2) is 51.2 Å². The third-order valence-corrected chi connectivity index (χ3v) is 6.34. The summed E-state index contributed by atoms with van der Waals surface area (Å²) in [6.45, 7) is 3.05. The zero-order valence-electron chi connectivity index (χ0n) is 23.0. The fourth-order valence-electron chi connectivity index (χ4n) is 4.20. The summed E-state index contributed by atoms with van der Waals surface area (Å²) >= 11 is 0. The van der Waals surface area contributed by atoms with Crippen LogP contribution >= 0.6 is 0 Å². The van der Waals surface area contributed by atoms with Crippen molar-refractivity contribution >= 4 is 11.0 Å². The van der Waals surface area contributed by atoms with Crippen LogP contribution in [0.1, 0.15) is 19.4 Å². The standard InChI is InChI=1S/C27H30O11.2Na/c1-12(2)4-9-15-17(36-27-24(34)22(32)20(30)18(11-28)37-27)10-16(29)19-21(31)23(33)25(38-26(15)19)13-5-7-14(35-3)8-6-13;;/h4-8,10,18,20,22,24,27-30,32-34H,9,11H2,1-3H3;;/q;2*+1/t18?,20-,22+,24-,27-;;/m1../s1. The van der Waals surface area contributed by atoms with Gasteiger partial charge in [0.2, 0.25) is 17.5 Å². The molecule has 11 nitrogen and oxygen atoms in total. The Bertz CT molecular complexity index is 1400. The van der Waals surface area contributed by atoms with E-state index in [2.05, 4.69) is 0 Å². The van der Waals surface area contributed by atoms with Gasteiger partial charge in [-0.2, -0.15) is 0 Å². The number of phenols is 1. The monoisotopic (exact) mass is 576 g/mol. The van der Waals surface area contributed by atoms with Crippen LogP contribution in [0.3, 0.4) is 0 Å². The minimum absolute atomic E-state index is 0. The minimum Gasteiger partial charge on any atom is -0.507 e. The van der Waals surface area contributed by atoms with Crippen molar-refractivity contribution in [2.24, 2.45) is 0 Å². The number of methoxy groups -OCH3 is 1. The fourth-order valence-corrected chi connectivity index (χ4v) is 4.20. The Morgan fingerprint density at radius 3 is 2.25 bits per heavy atom. The molecule has 4 rings (SSSR count). The number of aromatic hydroxyl groups is 2. The first-order valence-corrected chi connectivity index (χ1v) is 11.9. The second-order valence-electron chi connectivity index (χ2n) is 9.21. The van der Waals surface area contributed by atoms with Crippen LogP contribution in [-0.2, 0) is 11.2 Å². The van der Waals surface area contributed by atoms with Crippen LogP contribution in [0.5, 0.6) is 23.0 Å². The molecule has 1 aromatic heterocycles. The third kappa shape index (κ3) is 6.88. The van der Waals surface area contributed by atoms with Crippen LogP contribution in [0.25, 0.3) is 22.3 Å². The SMILES string of the molecule is COc1ccc(-c2oc3c(CC=C(C)C)c(O[C@@H]4OC(CO)[C@@H](O)[C@H](O)[C@H]4O)cc(O)c3c(=O)c2O)cc1.[Na+].[Na+]. The largest absolute Gasteiger partial charge is 1.00 e. The summed E-state index contributed by atoms with van der Waals surface area (Å²) in [7, 11) is 1.50. The van der Waals surface area contributed by atoms with E-state index in [1.165, 1.54) is 7.11 Å². The maximum atomic E-state index is 13.2. The second kappa shape index (κ2) is 14.5. The zero-order valence-corrected chi connectivity index (χ0v) is 27.0. The smallest absolute Gasteiger partial charge is 0.507 e. The first kappa shape index (κ1) is 34.6.